The van der Waals surface area contributed by atoms with E-state index in [1.807, 2.05) is 0 Å². The Bertz CT molecular complexity index is 461. The minimum Gasteiger partial charge on any atom is -0.444 e. The Morgan fingerprint density at radius 1 is 1.15 bits per heavy atom. The van der Waals surface area contributed by atoms with Crippen molar-refractivity contribution in [3.8, 4) is 5.75 Å². The van der Waals surface area contributed by atoms with Crippen molar-refractivity contribution >= 4 is 17.7 Å². The van der Waals surface area contributed by atoms with E-state index in [0.717, 1.165) is 0 Å². The van der Waals surface area contributed by atoms with Crippen LogP contribution in [0.3, 0.4) is 0 Å². The quantitative estimate of drug-likeness (QED) is 0.677. The van der Waals surface area contributed by atoms with Crippen LogP contribution in [-0.2, 0) is 14.4 Å². The lowest BCUT2D eigenvalue weighted by molar-refractivity contribution is -0.213. The third-order valence-corrected chi connectivity index (χ3v) is 2.02. The summed E-state index contributed by atoms with van der Waals surface area (Å²) >= 11 is 0. The van der Waals surface area contributed by atoms with E-state index in [4.69, 9.17) is 9.62 Å². The van der Waals surface area contributed by atoms with Crippen molar-refractivity contribution in [2.24, 2.45) is 0 Å². The number of anilines is 1. The summed E-state index contributed by atoms with van der Waals surface area (Å²) in [4.78, 5) is 31.8. The molecule has 0 aliphatic carbocycles. The first-order chi connectivity index (χ1) is 9.30. The normalized spacial score (nSPS) is 10.6. The Morgan fingerprint density at radius 3 is 2.25 bits per heavy atom. The van der Waals surface area contributed by atoms with Crippen molar-refractivity contribution < 1.29 is 24.1 Å². The molecule has 1 aromatic carbocycles. The van der Waals surface area contributed by atoms with Crippen molar-refractivity contribution in [3.63, 3.8) is 0 Å². The molecule has 0 saturated heterocycles. The molecule has 1 amide bonds. The van der Waals surface area contributed by atoms with Crippen LogP contribution in [0, 0.1) is 0 Å². The number of hydrogen-bond acceptors (Lipinski definition) is 5. The zero-order valence-electron chi connectivity index (χ0n) is 12.1. The van der Waals surface area contributed by atoms with Gasteiger partial charge >= 0.3 is 12.1 Å². The van der Waals surface area contributed by atoms with E-state index in [9.17, 15) is 9.59 Å². The Balaban J connectivity index is 2.50. The fourth-order valence-corrected chi connectivity index (χ4v) is 1.17. The van der Waals surface area contributed by atoms with Gasteiger partial charge in [-0.2, -0.15) is 0 Å². The molecule has 0 aliphatic rings. The number of nitrogens with one attached hydrogen (secondary N) is 1. The van der Waals surface area contributed by atoms with E-state index < -0.39 is 17.7 Å². The van der Waals surface area contributed by atoms with Crippen molar-refractivity contribution in [3.05, 3.63) is 24.3 Å². The maximum absolute atomic E-state index is 11.5. The summed E-state index contributed by atoms with van der Waals surface area (Å²) in [7, 11) is 0. The lowest BCUT2D eigenvalue weighted by Crippen LogP contribution is -2.27. The van der Waals surface area contributed by atoms with Crippen LogP contribution < -0.4 is 10.2 Å². The van der Waals surface area contributed by atoms with E-state index in [-0.39, 0.29) is 6.42 Å². The predicted molar refractivity (Wildman–Crippen MR) is 73.3 cm³/mol. The number of ether oxygens (including phenoxy) is 1. The average molecular weight is 281 g/mol. The van der Waals surface area contributed by atoms with Crippen LogP contribution in [0.15, 0.2) is 24.3 Å². The molecule has 0 spiro atoms. The average Bonchev–Trinajstić information content (AvgIpc) is 2.35. The summed E-state index contributed by atoms with van der Waals surface area (Å²) in [5.41, 5.74) is -0.00462. The fourth-order valence-electron chi connectivity index (χ4n) is 1.17. The van der Waals surface area contributed by atoms with Gasteiger partial charge in [-0.25, -0.2) is 9.59 Å². The molecular weight excluding hydrogens is 262 g/mol. The molecule has 1 N–H and O–H groups in total. The molecule has 0 atom stereocenters. The summed E-state index contributed by atoms with van der Waals surface area (Å²) < 4.78 is 5.11. The maximum atomic E-state index is 11.5. The zero-order chi connectivity index (χ0) is 15.2. The highest BCUT2D eigenvalue weighted by atomic mass is 17.2. The summed E-state index contributed by atoms with van der Waals surface area (Å²) in [5.74, 6) is -0.0949. The molecule has 0 saturated carbocycles. The molecule has 0 fully saturated rings. The van der Waals surface area contributed by atoms with Gasteiger partial charge in [-0.1, -0.05) is 6.92 Å². The van der Waals surface area contributed by atoms with Crippen LogP contribution >= 0.6 is 0 Å². The third kappa shape index (κ3) is 6.08. The monoisotopic (exact) mass is 281 g/mol. The Hall–Kier alpha value is -2.24. The van der Waals surface area contributed by atoms with Gasteiger partial charge in [0.2, 0.25) is 0 Å². The van der Waals surface area contributed by atoms with Crippen LogP contribution in [0.4, 0.5) is 10.5 Å². The summed E-state index contributed by atoms with van der Waals surface area (Å²) in [5, 5.41) is 2.58. The number of benzene rings is 1. The highest BCUT2D eigenvalue weighted by Crippen LogP contribution is 2.17. The molecule has 110 valence electrons. The van der Waals surface area contributed by atoms with Crippen LogP contribution in [0.5, 0.6) is 5.75 Å². The number of rotatable bonds is 4. The second-order valence-electron chi connectivity index (χ2n) is 5.04. The van der Waals surface area contributed by atoms with Gasteiger partial charge in [0, 0.05) is 12.1 Å². The first-order valence-electron chi connectivity index (χ1n) is 6.27. The molecule has 0 unspecified atom stereocenters. The maximum Gasteiger partial charge on any atom is 0.412 e. The van der Waals surface area contributed by atoms with Crippen LogP contribution in [0.2, 0.25) is 0 Å². The van der Waals surface area contributed by atoms with E-state index >= 15 is 0 Å². The first-order valence-corrected chi connectivity index (χ1v) is 6.27. The number of hydrogen-bond donors (Lipinski definition) is 1. The molecular formula is C14H19NO5. The highest BCUT2D eigenvalue weighted by molar-refractivity contribution is 5.84. The zero-order valence-corrected chi connectivity index (χ0v) is 12.1. The number of carbonyl (C=O) groups excluding carboxylic acids is 2. The number of amides is 1. The van der Waals surface area contributed by atoms with Gasteiger partial charge in [-0.15, -0.1) is 0 Å². The molecule has 6 nitrogen and oxygen atoms in total. The van der Waals surface area contributed by atoms with Gasteiger partial charge in [0.1, 0.15) is 5.60 Å². The lowest BCUT2D eigenvalue weighted by atomic mass is 10.2. The molecule has 0 radical (unpaired) electrons. The topological polar surface area (TPSA) is 73.9 Å². The van der Waals surface area contributed by atoms with E-state index in [2.05, 4.69) is 10.2 Å². The van der Waals surface area contributed by atoms with Crippen molar-refractivity contribution in [2.45, 2.75) is 39.7 Å². The Labute approximate surface area is 117 Å². The minimum absolute atomic E-state index is 0.234. The van der Waals surface area contributed by atoms with Gasteiger partial charge < -0.3 is 4.74 Å². The van der Waals surface area contributed by atoms with Crippen molar-refractivity contribution in [1.82, 2.24) is 0 Å². The standard InChI is InChI=1S/C14H19NO5/c1-5-12(16)20-19-11-8-6-10(7-9-11)15-13(17)18-14(2,3)4/h6-9H,5H2,1-4H3,(H,15,17). The smallest absolute Gasteiger partial charge is 0.412 e. The predicted octanol–water partition coefficient (Wildman–Crippen LogP) is 3.28. The molecule has 6 heteroatoms. The number of carbonyl (C=O) groups is 2. The molecule has 0 bridgehead atoms. The Kier molecular flexibility index (Phi) is 5.37. The van der Waals surface area contributed by atoms with Gasteiger partial charge in [-0.05, 0) is 45.0 Å². The molecule has 20 heavy (non-hydrogen) atoms. The van der Waals surface area contributed by atoms with Crippen LogP contribution in [0.25, 0.3) is 0 Å². The molecule has 0 heterocycles. The third-order valence-electron chi connectivity index (χ3n) is 2.02. The summed E-state index contributed by atoms with van der Waals surface area (Å²) in [6, 6.07) is 6.35. The van der Waals surface area contributed by atoms with E-state index in [0.29, 0.717) is 11.4 Å². The highest BCUT2D eigenvalue weighted by Gasteiger charge is 2.16. The van der Waals surface area contributed by atoms with Crippen LogP contribution in [0.1, 0.15) is 34.1 Å². The second kappa shape index (κ2) is 6.79. The van der Waals surface area contributed by atoms with E-state index in [1.165, 1.54) is 0 Å². The largest absolute Gasteiger partial charge is 0.444 e. The van der Waals surface area contributed by atoms with E-state index in [1.54, 1.807) is 52.0 Å². The fraction of sp³-hybridized carbons (Fsp3) is 0.429. The summed E-state index contributed by atoms with van der Waals surface area (Å²) in [6.45, 7) is 7.02. The molecule has 0 aromatic heterocycles. The van der Waals surface area contributed by atoms with Crippen LogP contribution in [-0.4, -0.2) is 17.7 Å². The minimum atomic E-state index is -0.554. The molecule has 1 rings (SSSR count). The van der Waals surface area contributed by atoms with Gasteiger partial charge in [0.15, 0.2) is 5.75 Å². The van der Waals surface area contributed by atoms with Crippen molar-refractivity contribution in [2.75, 3.05) is 5.32 Å². The second-order valence-corrected chi connectivity index (χ2v) is 5.04. The SMILES string of the molecule is CCC(=O)OOc1ccc(NC(=O)OC(C)(C)C)cc1. The lowest BCUT2D eigenvalue weighted by Gasteiger charge is -2.19. The van der Waals surface area contributed by atoms with Gasteiger partial charge in [-0.3, -0.25) is 15.1 Å². The van der Waals surface area contributed by atoms with Gasteiger partial charge in [0.25, 0.3) is 0 Å². The molecule has 0 aliphatic heterocycles. The first kappa shape index (κ1) is 15.8. The summed E-state index contributed by atoms with van der Waals surface area (Å²) in [6.07, 6.45) is -0.304. The molecule has 1 aromatic rings. The Morgan fingerprint density at radius 2 is 1.75 bits per heavy atom. The van der Waals surface area contributed by atoms with Gasteiger partial charge in [0.05, 0.1) is 0 Å². The van der Waals surface area contributed by atoms with Crippen molar-refractivity contribution in [1.29, 1.82) is 0 Å².